The highest BCUT2D eigenvalue weighted by Gasteiger charge is 2.19. The molecular formula is C14H16N2O4. The second kappa shape index (κ2) is 6.21. The Morgan fingerprint density at radius 3 is 2.75 bits per heavy atom. The Kier molecular flexibility index (Phi) is 4.37. The Hall–Kier alpha value is -2.34. The van der Waals surface area contributed by atoms with E-state index in [4.69, 9.17) is 4.42 Å². The number of hydrogen-bond donors (Lipinski definition) is 3. The van der Waals surface area contributed by atoms with Gasteiger partial charge in [-0.3, -0.25) is 4.79 Å². The molecule has 0 fully saturated rings. The Labute approximate surface area is 115 Å². The lowest BCUT2D eigenvalue weighted by Crippen LogP contribution is -2.24. The van der Waals surface area contributed by atoms with Crippen molar-refractivity contribution in [2.75, 3.05) is 13.6 Å². The Bertz CT molecular complexity index is 633. The zero-order valence-electron chi connectivity index (χ0n) is 11.1. The highest BCUT2D eigenvalue weighted by Crippen LogP contribution is 2.25. The van der Waals surface area contributed by atoms with Crippen LogP contribution in [0.5, 0.6) is 0 Å². The van der Waals surface area contributed by atoms with Crippen molar-refractivity contribution in [2.45, 2.75) is 13.0 Å². The summed E-state index contributed by atoms with van der Waals surface area (Å²) in [5, 5.41) is 15.4. The molecular weight excluding hydrogens is 260 g/mol. The van der Waals surface area contributed by atoms with Gasteiger partial charge in [0.05, 0.1) is 6.54 Å². The largest absolute Gasteiger partial charge is 0.478 e. The van der Waals surface area contributed by atoms with E-state index < -0.39 is 5.97 Å². The molecule has 3 N–H and O–H groups in total. The van der Waals surface area contributed by atoms with Gasteiger partial charge in [-0.15, -0.1) is 0 Å². The summed E-state index contributed by atoms with van der Waals surface area (Å²) in [7, 11) is 1.57. The molecule has 6 heteroatoms. The van der Waals surface area contributed by atoms with Crippen molar-refractivity contribution >= 4 is 22.8 Å². The minimum atomic E-state index is -1.02. The fourth-order valence-electron chi connectivity index (χ4n) is 1.98. The lowest BCUT2D eigenvalue weighted by molar-refractivity contribution is -0.120. The number of aromatic carboxylic acids is 1. The lowest BCUT2D eigenvalue weighted by Gasteiger charge is -2.03. The maximum Gasteiger partial charge on any atom is 0.339 e. The number of carboxylic acids is 1. The van der Waals surface area contributed by atoms with Gasteiger partial charge in [0.2, 0.25) is 5.91 Å². The SMILES string of the molecule is CNC(=O)CCNCc1oc2ccccc2c1C(=O)O. The van der Waals surface area contributed by atoms with Gasteiger partial charge in [0.25, 0.3) is 0 Å². The summed E-state index contributed by atoms with van der Waals surface area (Å²) in [6, 6.07) is 7.01. The summed E-state index contributed by atoms with van der Waals surface area (Å²) >= 11 is 0. The first-order valence-corrected chi connectivity index (χ1v) is 6.28. The van der Waals surface area contributed by atoms with Crippen LogP contribution < -0.4 is 10.6 Å². The van der Waals surface area contributed by atoms with Crippen LogP contribution in [0.15, 0.2) is 28.7 Å². The summed E-state index contributed by atoms with van der Waals surface area (Å²) in [5.41, 5.74) is 0.723. The molecule has 0 aliphatic carbocycles. The third-order valence-electron chi connectivity index (χ3n) is 2.98. The number of carboxylic acid groups (broad SMARTS) is 1. The standard InChI is InChI=1S/C14H16N2O4/c1-15-12(17)6-7-16-8-11-13(14(18)19)9-4-2-3-5-10(9)20-11/h2-5,16H,6-8H2,1H3,(H,15,17)(H,18,19). The monoisotopic (exact) mass is 276 g/mol. The summed E-state index contributed by atoms with van der Waals surface area (Å²) in [6.45, 7) is 0.725. The highest BCUT2D eigenvalue weighted by atomic mass is 16.4. The second-order valence-corrected chi connectivity index (χ2v) is 4.30. The van der Waals surface area contributed by atoms with Crippen LogP contribution in [0.3, 0.4) is 0 Å². The molecule has 1 heterocycles. The maximum atomic E-state index is 11.3. The lowest BCUT2D eigenvalue weighted by atomic mass is 10.1. The fourth-order valence-corrected chi connectivity index (χ4v) is 1.98. The number of nitrogens with one attached hydrogen (secondary N) is 2. The van der Waals surface area contributed by atoms with E-state index in [1.807, 2.05) is 0 Å². The normalized spacial score (nSPS) is 10.7. The predicted octanol–water partition coefficient (Wildman–Crippen LogP) is 1.36. The van der Waals surface area contributed by atoms with Crippen molar-refractivity contribution in [3.63, 3.8) is 0 Å². The van der Waals surface area contributed by atoms with Crippen LogP contribution in [0.2, 0.25) is 0 Å². The molecule has 0 radical (unpaired) electrons. The van der Waals surface area contributed by atoms with Gasteiger partial charge in [-0.05, 0) is 6.07 Å². The number of rotatable bonds is 6. The van der Waals surface area contributed by atoms with Crippen LogP contribution in [0.4, 0.5) is 0 Å². The first kappa shape index (κ1) is 14.1. The van der Waals surface area contributed by atoms with Gasteiger partial charge in [0.15, 0.2) is 0 Å². The maximum absolute atomic E-state index is 11.3. The number of fused-ring (bicyclic) bond motifs is 1. The minimum absolute atomic E-state index is 0.0689. The fraction of sp³-hybridized carbons (Fsp3) is 0.286. The Balaban J connectivity index is 2.11. The molecule has 106 valence electrons. The van der Waals surface area contributed by atoms with Crippen molar-refractivity contribution in [2.24, 2.45) is 0 Å². The number of carbonyl (C=O) groups is 2. The van der Waals surface area contributed by atoms with Crippen LogP contribution >= 0.6 is 0 Å². The molecule has 0 saturated carbocycles. The zero-order valence-corrected chi connectivity index (χ0v) is 11.1. The van der Waals surface area contributed by atoms with Crippen LogP contribution in [-0.4, -0.2) is 30.6 Å². The van der Waals surface area contributed by atoms with Gasteiger partial charge < -0.3 is 20.2 Å². The Morgan fingerprint density at radius 2 is 2.05 bits per heavy atom. The Morgan fingerprint density at radius 1 is 1.30 bits per heavy atom. The summed E-state index contributed by atoms with van der Waals surface area (Å²) < 4.78 is 5.55. The van der Waals surface area contributed by atoms with E-state index in [0.717, 1.165) is 0 Å². The molecule has 0 aliphatic heterocycles. The molecule has 2 rings (SSSR count). The first-order chi connectivity index (χ1) is 9.63. The summed E-state index contributed by atoms with van der Waals surface area (Å²) in [5.74, 6) is -0.714. The molecule has 0 spiro atoms. The number of carbonyl (C=O) groups excluding carboxylic acids is 1. The molecule has 0 unspecified atom stereocenters. The molecule has 1 aromatic heterocycles. The summed E-state index contributed by atoms with van der Waals surface area (Å²) in [4.78, 5) is 22.4. The second-order valence-electron chi connectivity index (χ2n) is 4.30. The molecule has 1 amide bonds. The van der Waals surface area contributed by atoms with Crippen LogP contribution in [-0.2, 0) is 11.3 Å². The van der Waals surface area contributed by atoms with E-state index in [2.05, 4.69) is 10.6 Å². The number of hydrogen-bond acceptors (Lipinski definition) is 4. The van der Waals surface area contributed by atoms with E-state index in [1.165, 1.54) is 0 Å². The smallest absolute Gasteiger partial charge is 0.339 e. The van der Waals surface area contributed by atoms with Crippen molar-refractivity contribution in [1.29, 1.82) is 0 Å². The first-order valence-electron chi connectivity index (χ1n) is 6.28. The number of amides is 1. The molecule has 20 heavy (non-hydrogen) atoms. The van der Waals surface area contributed by atoms with Gasteiger partial charge in [-0.1, -0.05) is 18.2 Å². The quantitative estimate of drug-likeness (QED) is 0.693. The topological polar surface area (TPSA) is 91.6 Å². The number of benzene rings is 1. The minimum Gasteiger partial charge on any atom is -0.478 e. The van der Waals surface area contributed by atoms with Gasteiger partial charge in [-0.2, -0.15) is 0 Å². The number of para-hydroxylation sites is 1. The number of furan rings is 1. The van der Waals surface area contributed by atoms with Crippen molar-refractivity contribution < 1.29 is 19.1 Å². The molecule has 0 bridgehead atoms. The van der Waals surface area contributed by atoms with Crippen molar-refractivity contribution in [3.05, 3.63) is 35.6 Å². The third kappa shape index (κ3) is 2.97. The van der Waals surface area contributed by atoms with Gasteiger partial charge in [-0.25, -0.2) is 4.79 Å². The van der Waals surface area contributed by atoms with Crippen molar-refractivity contribution in [1.82, 2.24) is 10.6 Å². The summed E-state index contributed by atoms with van der Waals surface area (Å²) in [6.07, 6.45) is 0.332. The zero-order chi connectivity index (χ0) is 14.5. The van der Waals surface area contributed by atoms with E-state index in [-0.39, 0.29) is 18.0 Å². The average molecular weight is 276 g/mol. The van der Waals surface area contributed by atoms with Crippen LogP contribution in [0.1, 0.15) is 22.5 Å². The van der Waals surface area contributed by atoms with E-state index in [1.54, 1.807) is 31.3 Å². The third-order valence-corrected chi connectivity index (χ3v) is 2.98. The van der Waals surface area contributed by atoms with Gasteiger partial charge in [0, 0.05) is 25.4 Å². The highest BCUT2D eigenvalue weighted by molar-refractivity contribution is 6.03. The van der Waals surface area contributed by atoms with Gasteiger partial charge in [0.1, 0.15) is 16.9 Å². The van der Waals surface area contributed by atoms with E-state index in [9.17, 15) is 14.7 Å². The average Bonchev–Trinajstić information content (AvgIpc) is 2.81. The van der Waals surface area contributed by atoms with Crippen molar-refractivity contribution in [3.8, 4) is 0 Å². The predicted molar refractivity (Wildman–Crippen MR) is 73.6 cm³/mol. The molecule has 2 aromatic rings. The molecule has 0 saturated heterocycles. The van der Waals surface area contributed by atoms with Crippen LogP contribution in [0.25, 0.3) is 11.0 Å². The molecule has 0 aliphatic rings. The van der Waals surface area contributed by atoms with Crippen LogP contribution in [0, 0.1) is 0 Å². The van der Waals surface area contributed by atoms with E-state index >= 15 is 0 Å². The molecule has 1 aromatic carbocycles. The van der Waals surface area contributed by atoms with Gasteiger partial charge >= 0.3 is 5.97 Å². The molecule has 0 atom stereocenters. The molecule has 6 nitrogen and oxygen atoms in total. The van der Waals surface area contributed by atoms with E-state index in [0.29, 0.717) is 29.7 Å².